The number of aromatic nitrogens is 3. The Bertz CT molecular complexity index is 989. The number of hydrogen-bond donors (Lipinski definition) is 1. The summed E-state index contributed by atoms with van der Waals surface area (Å²) in [5, 5.41) is 0. The summed E-state index contributed by atoms with van der Waals surface area (Å²) >= 11 is 0. The molecule has 1 unspecified atom stereocenters. The molecule has 1 saturated heterocycles. The molecule has 1 atom stereocenters. The summed E-state index contributed by atoms with van der Waals surface area (Å²) in [5.41, 5.74) is 9.05. The summed E-state index contributed by atoms with van der Waals surface area (Å²) in [6.07, 6.45) is 3.54. The van der Waals surface area contributed by atoms with Gasteiger partial charge in [0.15, 0.2) is 5.65 Å². The van der Waals surface area contributed by atoms with Gasteiger partial charge in [-0.15, -0.1) is 0 Å². The van der Waals surface area contributed by atoms with E-state index < -0.39 is 5.97 Å². The topological polar surface area (TPSA) is 92.3 Å². The summed E-state index contributed by atoms with van der Waals surface area (Å²) in [6.45, 7) is 4.95. The number of esters is 1. The number of anilines is 1. The monoisotopic (exact) mass is 352 g/mol. The minimum Gasteiger partial charge on any atom is -0.458 e. The van der Waals surface area contributed by atoms with Crippen molar-refractivity contribution >= 4 is 34.0 Å². The van der Waals surface area contributed by atoms with Crippen molar-refractivity contribution in [2.45, 2.75) is 25.5 Å². The van der Waals surface area contributed by atoms with Crippen LogP contribution >= 0.6 is 0 Å². The van der Waals surface area contributed by atoms with E-state index in [4.69, 9.17) is 20.2 Å². The molecule has 1 aromatic carbocycles. The molecule has 0 amide bonds. The highest BCUT2D eigenvalue weighted by molar-refractivity contribution is 6.08. The maximum absolute atomic E-state index is 12.6. The second kappa shape index (κ2) is 6.76. The summed E-state index contributed by atoms with van der Waals surface area (Å²) in [7, 11) is 0. The van der Waals surface area contributed by atoms with Crippen molar-refractivity contribution in [2.24, 2.45) is 0 Å². The van der Waals surface area contributed by atoms with Crippen molar-refractivity contribution in [3.63, 3.8) is 0 Å². The highest BCUT2D eigenvalue weighted by Crippen LogP contribution is 2.30. The first-order chi connectivity index (χ1) is 12.7. The van der Waals surface area contributed by atoms with E-state index in [9.17, 15) is 4.79 Å². The fourth-order valence-electron chi connectivity index (χ4n) is 3.30. The van der Waals surface area contributed by atoms with Crippen LogP contribution in [0, 0.1) is 0 Å². The molecule has 3 heterocycles. The normalized spacial score (nSPS) is 17.0. The van der Waals surface area contributed by atoms with Gasteiger partial charge < -0.3 is 19.8 Å². The van der Waals surface area contributed by atoms with E-state index in [0.29, 0.717) is 29.0 Å². The number of rotatable bonds is 5. The van der Waals surface area contributed by atoms with E-state index >= 15 is 0 Å². The van der Waals surface area contributed by atoms with Crippen LogP contribution in [0.25, 0.3) is 22.2 Å². The van der Waals surface area contributed by atoms with Gasteiger partial charge in [0.2, 0.25) is 0 Å². The standard InChI is InChI=1S/C19H20N4O3/c1-2-9-26-19(24)15-16-18(22-14-8-4-3-7-13(14)21-16)23(17(15)20)11-12-6-5-10-25-12/h2-4,7-8,12H,1,5-6,9-11,20H2. The molecule has 26 heavy (non-hydrogen) atoms. The van der Waals surface area contributed by atoms with Gasteiger partial charge in [0.05, 0.1) is 23.7 Å². The van der Waals surface area contributed by atoms with Crippen LogP contribution in [0.5, 0.6) is 0 Å². The Kier molecular flexibility index (Phi) is 4.30. The van der Waals surface area contributed by atoms with Crippen molar-refractivity contribution < 1.29 is 14.3 Å². The minimum absolute atomic E-state index is 0.0539. The summed E-state index contributed by atoms with van der Waals surface area (Å²) in [5.74, 6) is -0.220. The molecule has 0 aliphatic carbocycles. The van der Waals surface area contributed by atoms with Crippen molar-refractivity contribution in [3.05, 3.63) is 42.5 Å². The molecule has 1 aliphatic rings. The molecule has 0 saturated carbocycles. The zero-order valence-electron chi connectivity index (χ0n) is 14.4. The molecule has 2 N–H and O–H groups in total. The quantitative estimate of drug-likeness (QED) is 0.561. The van der Waals surface area contributed by atoms with Gasteiger partial charge in [-0.3, -0.25) is 0 Å². The molecule has 7 heteroatoms. The summed E-state index contributed by atoms with van der Waals surface area (Å²) in [4.78, 5) is 21.9. The third kappa shape index (κ3) is 2.80. The van der Waals surface area contributed by atoms with Crippen LogP contribution in [0.4, 0.5) is 5.82 Å². The first-order valence-electron chi connectivity index (χ1n) is 8.63. The van der Waals surface area contributed by atoms with E-state index in [1.807, 2.05) is 28.8 Å². The van der Waals surface area contributed by atoms with Crippen molar-refractivity contribution in [3.8, 4) is 0 Å². The van der Waals surface area contributed by atoms with E-state index in [1.54, 1.807) is 0 Å². The minimum atomic E-state index is -0.525. The molecule has 0 bridgehead atoms. The lowest BCUT2D eigenvalue weighted by Crippen LogP contribution is -2.17. The Hall–Kier alpha value is -2.93. The van der Waals surface area contributed by atoms with Crippen LogP contribution < -0.4 is 5.73 Å². The average molecular weight is 352 g/mol. The van der Waals surface area contributed by atoms with E-state index in [-0.39, 0.29) is 18.3 Å². The number of carbonyl (C=O) groups excluding carboxylic acids is 1. The van der Waals surface area contributed by atoms with Gasteiger partial charge in [-0.25, -0.2) is 14.8 Å². The van der Waals surface area contributed by atoms with Crippen LogP contribution in [0.15, 0.2) is 36.9 Å². The predicted molar refractivity (Wildman–Crippen MR) is 98.9 cm³/mol. The molecule has 0 radical (unpaired) electrons. The summed E-state index contributed by atoms with van der Waals surface area (Å²) in [6, 6.07) is 7.52. The number of carbonyl (C=O) groups is 1. The van der Waals surface area contributed by atoms with Gasteiger partial charge in [0.25, 0.3) is 0 Å². The second-order valence-electron chi connectivity index (χ2n) is 6.28. The van der Waals surface area contributed by atoms with Crippen molar-refractivity contribution in [2.75, 3.05) is 18.9 Å². The fraction of sp³-hybridized carbons (Fsp3) is 0.316. The van der Waals surface area contributed by atoms with Gasteiger partial charge in [-0.2, -0.15) is 0 Å². The Balaban J connectivity index is 1.90. The molecule has 7 nitrogen and oxygen atoms in total. The van der Waals surface area contributed by atoms with E-state index in [2.05, 4.69) is 11.6 Å². The Labute approximate surface area is 150 Å². The predicted octanol–water partition coefficient (Wildman–Crippen LogP) is 2.69. The lowest BCUT2D eigenvalue weighted by atomic mass is 10.2. The van der Waals surface area contributed by atoms with Gasteiger partial charge >= 0.3 is 5.97 Å². The lowest BCUT2D eigenvalue weighted by molar-refractivity contribution is 0.0552. The Morgan fingerprint density at radius 2 is 2.15 bits per heavy atom. The zero-order valence-corrected chi connectivity index (χ0v) is 14.4. The van der Waals surface area contributed by atoms with Crippen molar-refractivity contribution in [1.82, 2.24) is 14.5 Å². The number of para-hydroxylation sites is 2. The summed E-state index contributed by atoms with van der Waals surface area (Å²) < 4.78 is 12.8. The third-order valence-electron chi connectivity index (χ3n) is 4.54. The van der Waals surface area contributed by atoms with Crippen LogP contribution in [0.3, 0.4) is 0 Å². The maximum Gasteiger partial charge on any atom is 0.344 e. The van der Waals surface area contributed by atoms with Crippen LogP contribution in [0.2, 0.25) is 0 Å². The molecule has 3 aromatic rings. The highest BCUT2D eigenvalue weighted by atomic mass is 16.5. The second-order valence-corrected chi connectivity index (χ2v) is 6.28. The molecule has 134 valence electrons. The number of nitrogen functional groups attached to an aromatic ring is 1. The lowest BCUT2D eigenvalue weighted by Gasteiger charge is -2.13. The molecule has 1 aliphatic heterocycles. The van der Waals surface area contributed by atoms with Crippen LogP contribution in [-0.2, 0) is 16.0 Å². The average Bonchev–Trinajstić information content (AvgIpc) is 3.25. The molecule has 1 fully saturated rings. The maximum atomic E-state index is 12.6. The SMILES string of the molecule is C=CCOC(=O)c1c(N)n(CC2CCCO2)c2nc3ccccc3nc12. The van der Waals surface area contributed by atoms with E-state index in [1.165, 1.54) is 6.08 Å². The Morgan fingerprint density at radius 3 is 2.85 bits per heavy atom. The first kappa shape index (κ1) is 16.5. The largest absolute Gasteiger partial charge is 0.458 e. The van der Waals surface area contributed by atoms with Gasteiger partial charge in [0.1, 0.15) is 23.5 Å². The number of hydrogen-bond acceptors (Lipinski definition) is 6. The Morgan fingerprint density at radius 1 is 1.38 bits per heavy atom. The number of nitrogens with zero attached hydrogens (tertiary/aromatic N) is 3. The number of ether oxygens (including phenoxy) is 2. The third-order valence-corrected chi connectivity index (χ3v) is 4.54. The van der Waals surface area contributed by atoms with Gasteiger partial charge in [-0.05, 0) is 25.0 Å². The first-order valence-corrected chi connectivity index (χ1v) is 8.63. The molecular formula is C19H20N4O3. The molecular weight excluding hydrogens is 332 g/mol. The number of benzene rings is 1. The van der Waals surface area contributed by atoms with Crippen LogP contribution in [0.1, 0.15) is 23.2 Å². The molecule has 0 spiro atoms. The molecule has 4 rings (SSSR count). The molecule has 2 aromatic heterocycles. The number of nitrogens with two attached hydrogens (primary N) is 1. The fourth-order valence-corrected chi connectivity index (χ4v) is 3.30. The zero-order chi connectivity index (χ0) is 18.1. The number of fused-ring (bicyclic) bond motifs is 2. The highest BCUT2D eigenvalue weighted by Gasteiger charge is 2.27. The van der Waals surface area contributed by atoms with Gasteiger partial charge in [0, 0.05) is 6.61 Å². The van der Waals surface area contributed by atoms with Gasteiger partial charge in [-0.1, -0.05) is 24.8 Å². The van der Waals surface area contributed by atoms with E-state index in [0.717, 1.165) is 25.0 Å². The van der Waals surface area contributed by atoms with Crippen molar-refractivity contribution in [1.29, 1.82) is 0 Å². The smallest absolute Gasteiger partial charge is 0.344 e. The van der Waals surface area contributed by atoms with Crippen LogP contribution in [-0.4, -0.2) is 39.8 Å².